The summed E-state index contributed by atoms with van der Waals surface area (Å²) in [5, 5.41) is 3.05. The number of hydrogen-bond acceptors (Lipinski definition) is 2. The first kappa shape index (κ1) is 18.0. The Morgan fingerprint density at radius 1 is 1.24 bits per heavy atom. The standard InChI is InChI=1S/C17H26N2O.ClH/c1-13-7-9-14(10-8-13)12-19-17(20)11-16(18)15-5-3-2-4-6-15;/h2-6,13-14,16H,7-12,18H2,1H3,(H,19,20);1H. The van der Waals surface area contributed by atoms with Gasteiger partial charge < -0.3 is 11.1 Å². The van der Waals surface area contributed by atoms with Gasteiger partial charge in [-0.1, -0.05) is 50.1 Å². The number of amides is 1. The highest BCUT2D eigenvalue weighted by molar-refractivity contribution is 5.85. The highest BCUT2D eigenvalue weighted by Crippen LogP contribution is 2.27. The van der Waals surface area contributed by atoms with Crippen LogP contribution in [0.5, 0.6) is 0 Å². The summed E-state index contributed by atoms with van der Waals surface area (Å²) in [5.74, 6) is 1.58. The summed E-state index contributed by atoms with van der Waals surface area (Å²) >= 11 is 0. The van der Waals surface area contributed by atoms with Crippen molar-refractivity contribution in [3.8, 4) is 0 Å². The van der Waals surface area contributed by atoms with E-state index in [0.29, 0.717) is 12.3 Å². The van der Waals surface area contributed by atoms with E-state index in [1.807, 2.05) is 30.3 Å². The van der Waals surface area contributed by atoms with Gasteiger partial charge in [0.1, 0.15) is 0 Å². The molecule has 1 aliphatic rings. The van der Waals surface area contributed by atoms with Crippen LogP contribution < -0.4 is 11.1 Å². The number of nitrogens with two attached hydrogens (primary N) is 1. The maximum absolute atomic E-state index is 11.9. The summed E-state index contributed by atoms with van der Waals surface area (Å²) < 4.78 is 0. The Morgan fingerprint density at radius 3 is 2.48 bits per heavy atom. The van der Waals surface area contributed by atoms with Crippen molar-refractivity contribution in [2.45, 2.75) is 45.1 Å². The first-order valence-corrected chi connectivity index (χ1v) is 7.72. The molecule has 0 aliphatic heterocycles. The molecule has 1 amide bonds. The van der Waals surface area contributed by atoms with Crippen molar-refractivity contribution in [2.24, 2.45) is 17.6 Å². The lowest BCUT2D eigenvalue weighted by Crippen LogP contribution is -2.33. The van der Waals surface area contributed by atoms with Crippen molar-refractivity contribution >= 4 is 18.3 Å². The van der Waals surface area contributed by atoms with Crippen molar-refractivity contribution in [2.75, 3.05) is 6.54 Å². The molecule has 0 heterocycles. The fourth-order valence-electron chi connectivity index (χ4n) is 2.88. The monoisotopic (exact) mass is 310 g/mol. The van der Waals surface area contributed by atoms with Crippen LogP contribution in [0.15, 0.2) is 30.3 Å². The molecule has 3 N–H and O–H groups in total. The van der Waals surface area contributed by atoms with Crippen LogP contribution in [0.3, 0.4) is 0 Å². The van der Waals surface area contributed by atoms with Gasteiger partial charge in [-0.05, 0) is 30.2 Å². The minimum Gasteiger partial charge on any atom is -0.356 e. The Morgan fingerprint density at radius 2 is 1.86 bits per heavy atom. The molecular weight excluding hydrogens is 284 g/mol. The van der Waals surface area contributed by atoms with Crippen LogP contribution in [0.2, 0.25) is 0 Å². The van der Waals surface area contributed by atoms with E-state index in [4.69, 9.17) is 5.73 Å². The number of hydrogen-bond donors (Lipinski definition) is 2. The Bertz CT molecular complexity index is 416. The zero-order valence-corrected chi connectivity index (χ0v) is 13.6. The quantitative estimate of drug-likeness (QED) is 0.875. The van der Waals surface area contributed by atoms with Crippen molar-refractivity contribution < 1.29 is 4.79 Å². The molecule has 1 unspecified atom stereocenters. The van der Waals surface area contributed by atoms with Gasteiger partial charge in [0.25, 0.3) is 0 Å². The average molecular weight is 311 g/mol. The molecule has 0 saturated heterocycles. The van der Waals surface area contributed by atoms with Gasteiger partial charge >= 0.3 is 0 Å². The summed E-state index contributed by atoms with van der Waals surface area (Å²) in [4.78, 5) is 11.9. The second kappa shape index (κ2) is 9.06. The first-order valence-electron chi connectivity index (χ1n) is 7.72. The van der Waals surface area contributed by atoms with Crippen LogP contribution in [0, 0.1) is 11.8 Å². The Labute approximate surface area is 134 Å². The molecule has 1 atom stereocenters. The Hall–Kier alpha value is -1.06. The smallest absolute Gasteiger partial charge is 0.221 e. The minimum atomic E-state index is -0.206. The minimum absolute atomic E-state index is 0. The molecule has 1 aromatic rings. The lowest BCUT2D eigenvalue weighted by molar-refractivity contribution is -0.121. The largest absolute Gasteiger partial charge is 0.356 e. The van der Waals surface area contributed by atoms with E-state index in [1.54, 1.807) is 0 Å². The summed E-state index contributed by atoms with van der Waals surface area (Å²) in [5.41, 5.74) is 7.08. The van der Waals surface area contributed by atoms with E-state index in [-0.39, 0.29) is 24.4 Å². The van der Waals surface area contributed by atoms with Crippen LogP contribution in [0.1, 0.15) is 50.6 Å². The highest BCUT2D eigenvalue weighted by Gasteiger charge is 2.19. The maximum atomic E-state index is 11.9. The number of halogens is 1. The molecule has 1 aliphatic carbocycles. The average Bonchev–Trinajstić information content (AvgIpc) is 2.47. The van der Waals surface area contributed by atoms with Gasteiger partial charge in [0.05, 0.1) is 0 Å². The summed E-state index contributed by atoms with van der Waals surface area (Å²) in [6.45, 7) is 3.13. The van der Waals surface area contributed by atoms with E-state index in [0.717, 1.165) is 18.0 Å². The Kier molecular flexibility index (Phi) is 7.76. The molecule has 2 rings (SSSR count). The van der Waals surface area contributed by atoms with Gasteiger partial charge in [0, 0.05) is 19.0 Å². The molecular formula is C17H27ClN2O. The molecule has 3 nitrogen and oxygen atoms in total. The van der Waals surface area contributed by atoms with Crippen molar-refractivity contribution in [3.63, 3.8) is 0 Å². The molecule has 0 aromatic heterocycles. The third kappa shape index (κ3) is 6.06. The summed E-state index contributed by atoms with van der Waals surface area (Å²) in [7, 11) is 0. The zero-order chi connectivity index (χ0) is 14.4. The number of benzene rings is 1. The summed E-state index contributed by atoms with van der Waals surface area (Å²) in [6.07, 6.45) is 5.44. The normalized spacial score (nSPS) is 23.0. The lowest BCUT2D eigenvalue weighted by Gasteiger charge is -2.26. The van der Waals surface area contributed by atoms with E-state index in [1.165, 1.54) is 25.7 Å². The van der Waals surface area contributed by atoms with E-state index < -0.39 is 0 Å². The summed E-state index contributed by atoms with van der Waals surface area (Å²) in [6, 6.07) is 9.61. The van der Waals surface area contributed by atoms with Crippen LogP contribution in [0.4, 0.5) is 0 Å². The predicted molar refractivity (Wildman–Crippen MR) is 89.4 cm³/mol. The molecule has 4 heteroatoms. The zero-order valence-electron chi connectivity index (χ0n) is 12.8. The van der Waals surface area contributed by atoms with E-state index >= 15 is 0 Å². The second-order valence-corrected chi connectivity index (χ2v) is 6.15. The van der Waals surface area contributed by atoms with Gasteiger partial charge in [-0.3, -0.25) is 4.79 Å². The molecule has 1 aromatic carbocycles. The van der Waals surface area contributed by atoms with Gasteiger partial charge in [0.15, 0.2) is 0 Å². The first-order chi connectivity index (χ1) is 9.65. The van der Waals surface area contributed by atoms with Crippen molar-refractivity contribution in [3.05, 3.63) is 35.9 Å². The molecule has 0 bridgehead atoms. The molecule has 0 radical (unpaired) electrons. The van der Waals surface area contributed by atoms with Crippen LogP contribution in [-0.2, 0) is 4.79 Å². The highest BCUT2D eigenvalue weighted by atomic mass is 35.5. The van der Waals surface area contributed by atoms with Crippen LogP contribution in [0.25, 0.3) is 0 Å². The number of rotatable bonds is 5. The van der Waals surface area contributed by atoms with Gasteiger partial charge in [0.2, 0.25) is 5.91 Å². The fraction of sp³-hybridized carbons (Fsp3) is 0.588. The molecule has 1 saturated carbocycles. The third-order valence-electron chi connectivity index (χ3n) is 4.36. The number of carbonyl (C=O) groups is 1. The predicted octanol–water partition coefficient (Wildman–Crippen LogP) is 3.44. The molecule has 118 valence electrons. The van der Waals surface area contributed by atoms with Crippen LogP contribution >= 0.6 is 12.4 Å². The lowest BCUT2D eigenvalue weighted by atomic mass is 9.83. The molecule has 1 fully saturated rings. The second-order valence-electron chi connectivity index (χ2n) is 6.15. The maximum Gasteiger partial charge on any atom is 0.221 e. The number of nitrogens with one attached hydrogen (secondary N) is 1. The van der Waals surface area contributed by atoms with Crippen molar-refractivity contribution in [1.29, 1.82) is 0 Å². The third-order valence-corrected chi connectivity index (χ3v) is 4.36. The SMILES string of the molecule is CC1CCC(CNC(=O)CC(N)c2ccccc2)CC1.Cl. The fourth-order valence-corrected chi connectivity index (χ4v) is 2.88. The van der Waals surface area contributed by atoms with Crippen molar-refractivity contribution in [1.82, 2.24) is 5.32 Å². The van der Waals surface area contributed by atoms with E-state index in [2.05, 4.69) is 12.2 Å². The van der Waals surface area contributed by atoms with Gasteiger partial charge in [-0.15, -0.1) is 12.4 Å². The number of carbonyl (C=O) groups excluding carboxylic acids is 1. The van der Waals surface area contributed by atoms with Gasteiger partial charge in [-0.25, -0.2) is 0 Å². The Balaban J connectivity index is 0.00000220. The topological polar surface area (TPSA) is 55.1 Å². The van der Waals surface area contributed by atoms with Crippen LogP contribution in [-0.4, -0.2) is 12.5 Å². The molecule has 0 spiro atoms. The molecule has 21 heavy (non-hydrogen) atoms. The van der Waals surface area contributed by atoms with E-state index in [9.17, 15) is 4.79 Å². The van der Waals surface area contributed by atoms with Gasteiger partial charge in [-0.2, -0.15) is 0 Å².